The maximum absolute atomic E-state index is 11.3. The van der Waals surface area contributed by atoms with Gasteiger partial charge in [0.05, 0.1) is 4.92 Å². The quantitative estimate of drug-likeness (QED) is 0.443. The third kappa shape index (κ3) is 2.09. The second-order valence-corrected chi connectivity index (χ2v) is 2.82. The normalized spacial score (nSPS) is 9.92. The first kappa shape index (κ1) is 9.79. The van der Waals surface area contributed by atoms with Crippen molar-refractivity contribution in [3.63, 3.8) is 0 Å². The van der Waals surface area contributed by atoms with Gasteiger partial charge in [0.25, 0.3) is 0 Å². The molecule has 70 valence electrons. The van der Waals surface area contributed by atoms with Crippen LogP contribution in [0.2, 0.25) is 0 Å². The summed E-state index contributed by atoms with van der Waals surface area (Å²) in [6.45, 7) is 0.379. The molecule has 0 N–H and O–H groups in total. The summed E-state index contributed by atoms with van der Waals surface area (Å²) in [6, 6.07) is 2.67. The van der Waals surface area contributed by atoms with Gasteiger partial charge in [0.1, 0.15) is 0 Å². The van der Waals surface area contributed by atoms with Crippen LogP contribution >= 0.6 is 12.6 Å². The van der Waals surface area contributed by atoms with E-state index in [2.05, 4.69) is 12.6 Å². The second-order valence-electron chi connectivity index (χ2n) is 2.37. The molecule has 0 bridgehead atoms. The van der Waals surface area contributed by atoms with E-state index in [0.717, 1.165) is 0 Å². The number of rotatable bonds is 3. The molecule has 1 heterocycles. The third-order valence-corrected chi connectivity index (χ3v) is 1.74. The Morgan fingerprint density at radius 3 is 2.85 bits per heavy atom. The summed E-state index contributed by atoms with van der Waals surface area (Å²) in [5.74, 6) is 0.473. The number of hydrogen-bond acceptors (Lipinski definition) is 4. The molecule has 1 aromatic rings. The van der Waals surface area contributed by atoms with Crippen molar-refractivity contribution in [3.05, 3.63) is 38.8 Å². The minimum Gasteiger partial charge on any atom is -0.309 e. The van der Waals surface area contributed by atoms with E-state index < -0.39 is 16.2 Å². The zero-order chi connectivity index (χ0) is 9.84. The molecular formula is C7H8N2O3S. The summed E-state index contributed by atoms with van der Waals surface area (Å²) >= 11 is 3.94. The predicted molar refractivity (Wildman–Crippen MR) is 51.2 cm³/mol. The molecule has 6 heteroatoms. The Bertz CT molecular complexity index is 374. The van der Waals surface area contributed by atoms with Crippen molar-refractivity contribution in [2.75, 3.05) is 5.75 Å². The predicted octanol–water partition coefficient (Wildman–Crippen LogP) is 0.686. The molecule has 0 aliphatic rings. The molecule has 0 spiro atoms. The number of pyridine rings is 1. The van der Waals surface area contributed by atoms with Crippen LogP contribution in [0.3, 0.4) is 0 Å². The molecule has 0 saturated heterocycles. The topological polar surface area (TPSA) is 65.1 Å². The van der Waals surface area contributed by atoms with E-state index in [1.807, 2.05) is 0 Å². The summed E-state index contributed by atoms with van der Waals surface area (Å²) in [5.41, 5.74) is -0.981. The van der Waals surface area contributed by atoms with Crippen LogP contribution in [0.25, 0.3) is 0 Å². The molecule has 1 aromatic heterocycles. The Morgan fingerprint density at radius 1 is 1.62 bits per heavy atom. The third-order valence-electron chi connectivity index (χ3n) is 1.54. The molecule has 0 radical (unpaired) electrons. The highest BCUT2D eigenvalue weighted by atomic mass is 32.1. The number of hydrogen-bond donors (Lipinski definition) is 1. The van der Waals surface area contributed by atoms with Crippen LogP contribution in [0.1, 0.15) is 0 Å². The summed E-state index contributed by atoms with van der Waals surface area (Å²) < 4.78 is 1.27. The van der Waals surface area contributed by atoms with Gasteiger partial charge in [0, 0.05) is 24.6 Å². The highest BCUT2D eigenvalue weighted by Gasteiger charge is 2.12. The lowest BCUT2D eigenvalue weighted by atomic mass is 10.4. The fourth-order valence-corrected chi connectivity index (χ4v) is 1.16. The summed E-state index contributed by atoms with van der Waals surface area (Å²) in [7, 11) is 0. The van der Waals surface area contributed by atoms with Gasteiger partial charge in [-0.05, 0) is 6.07 Å². The summed E-state index contributed by atoms with van der Waals surface area (Å²) in [4.78, 5) is 21.0. The van der Waals surface area contributed by atoms with Gasteiger partial charge in [-0.25, -0.2) is 0 Å². The van der Waals surface area contributed by atoms with Crippen molar-refractivity contribution in [1.29, 1.82) is 0 Å². The first-order valence-electron chi connectivity index (χ1n) is 3.61. The fourth-order valence-electron chi connectivity index (χ4n) is 0.947. The molecule has 5 nitrogen and oxygen atoms in total. The largest absolute Gasteiger partial charge is 0.334 e. The molecule has 0 aliphatic carbocycles. The van der Waals surface area contributed by atoms with Crippen LogP contribution in [0.5, 0.6) is 0 Å². The average molecular weight is 200 g/mol. The van der Waals surface area contributed by atoms with Gasteiger partial charge in [0.15, 0.2) is 0 Å². The first-order valence-corrected chi connectivity index (χ1v) is 4.24. The number of nitro groups is 1. The van der Waals surface area contributed by atoms with Crippen LogP contribution in [0, 0.1) is 10.1 Å². The van der Waals surface area contributed by atoms with Crippen molar-refractivity contribution in [1.82, 2.24) is 4.57 Å². The van der Waals surface area contributed by atoms with Crippen LogP contribution < -0.4 is 5.56 Å². The average Bonchev–Trinajstić information content (AvgIpc) is 2.08. The maximum atomic E-state index is 11.3. The molecular weight excluding hydrogens is 192 g/mol. The zero-order valence-electron chi connectivity index (χ0n) is 6.71. The van der Waals surface area contributed by atoms with E-state index in [1.165, 1.54) is 22.9 Å². The molecule has 13 heavy (non-hydrogen) atoms. The van der Waals surface area contributed by atoms with E-state index in [9.17, 15) is 14.9 Å². The lowest BCUT2D eigenvalue weighted by Gasteiger charge is -2.00. The van der Waals surface area contributed by atoms with Gasteiger partial charge in [0.2, 0.25) is 0 Å². The number of aromatic nitrogens is 1. The van der Waals surface area contributed by atoms with E-state index >= 15 is 0 Å². The van der Waals surface area contributed by atoms with Gasteiger partial charge in [-0.2, -0.15) is 12.6 Å². The Morgan fingerprint density at radius 2 is 2.31 bits per heavy atom. The molecule has 0 saturated carbocycles. The highest BCUT2D eigenvalue weighted by Crippen LogP contribution is 2.01. The highest BCUT2D eigenvalue weighted by molar-refractivity contribution is 7.80. The van der Waals surface area contributed by atoms with E-state index in [4.69, 9.17) is 0 Å². The number of thiol groups is 1. The van der Waals surface area contributed by atoms with Crippen LogP contribution in [0.4, 0.5) is 5.69 Å². The van der Waals surface area contributed by atoms with Crippen molar-refractivity contribution in [2.45, 2.75) is 6.54 Å². The van der Waals surface area contributed by atoms with Crippen molar-refractivity contribution >= 4 is 18.3 Å². The van der Waals surface area contributed by atoms with Crippen molar-refractivity contribution in [2.24, 2.45) is 0 Å². The van der Waals surface area contributed by atoms with Crippen LogP contribution in [-0.2, 0) is 6.54 Å². The molecule has 0 atom stereocenters. The van der Waals surface area contributed by atoms with Gasteiger partial charge in [-0.1, -0.05) is 0 Å². The van der Waals surface area contributed by atoms with E-state index in [-0.39, 0.29) is 0 Å². The first-order chi connectivity index (χ1) is 6.16. The zero-order valence-corrected chi connectivity index (χ0v) is 7.61. The molecule has 0 fully saturated rings. The molecule has 0 aliphatic heterocycles. The van der Waals surface area contributed by atoms with E-state index in [0.29, 0.717) is 12.3 Å². The van der Waals surface area contributed by atoms with Crippen molar-refractivity contribution in [3.8, 4) is 0 Å². The number of aryl methyl sites for hydroxylation is 1. The molecule has 1 rings (SSSR count). The smallest absolute Gasteiger partial charge is 0.309 e. The fraction of sp³-hybridized carbons (Fsp3) is 0.286. The van der Waals surface area contributed by atoms with Gasteiger partial charge in [-0.3, -0.25) is 14.9 Å². The molecule has 0 unspecified atom stereocenters. The standard InChI is InChI=1S/C7H8N2O3S/c10-7-6(9(11)12)2-1-3-8(7)4-5-13/h1-3,13H,4-5H2. The monoisotopic (exact) mass is 200 g/mol. The van der Waals surface area contributed by atoms with E-state index in [1.54, 1.807) is 0 Å². The Kier molecular flexibility index (Phi) is 3.07. The number of nitrogens with zero attached hydrogens (tertiary/aromatic N) is 2. The second kappa shape index (κ2) is 4.08. The minimum absolute atomic E-state index is 0.379. The van der Waals surface area contributed by atoms with Crippen LogP contribution in [0.15, 0.2) is 23.1 Å². The maximum Gasteiger partial charge on any atom is 0.334 e. The Hall–Kier alpha value is -1.30. The lowest BCUT2D eigenvalue weighted by Crippen LogP contribution is -2.22. The minimum atomic E-state index is -0.683. The van der Waals surface area contributed by atoms with Gasteiger partial charge < -0.3 is 4.57 Å². The van der Waals surface area contributed by atoms with Crippen LogP contribution in [-0.4, -0.2) is 15.2 Å². The molecule has 0 amide bonds. The SMILES string of the molecule is O=c1c([N+](=O)[O-])cccn1CCS. The van der Waals surface area contributed by atoms with Gasteiger partial charge >= 0.3 is 11.2 Å². The Labute approximate surface area is 79.6 Å². The van der Waals surface area contributed by atoms with Crippen molar-refractivity contribution < 1.29 is 4.92 Å². The van der Waals surface area contributed by atoms with Gasteiger partial charge in [-0.15, -0.1) is 0 Å². The molecule has 0 aromatic carbocycles. The Balaban J connectivity index is 3.19. The summed E-state index contributed by atoms with van der Waals surface area (Å²) in [5, 5.41) is 10.4. The lowest BCUT2D eigenvalue weighted by molar-refractivity contribution is -0.386. The summed E-state index contributed by atoms with van der Waals surface area (Å²) in [6.07, 6.45) is 1.51.